The highest BCUT2D eigenvalue weighted by Gasteiger charge is 2.61. The minimum Gasteiger partial charge on any atom is -0.496 e. The molecule has 7 heteroatoms. The van der Waals surface area contributed by atoms with Crippen molar-refractivity contribution in [1.29, 1.82) is 0 Å². The molecule has 2 fully saturated rings. The number of nitrogens with zero attached hydrogens (tertiary/aromatic N) is 2. The average Bonchev–Trinajstić information content (AvgIpc) is 3.40. The number of para-hydroxylation sites is 1. The van der Waals surface area contributed by atoms with Gasteiger partial charge in [-0.25, -0.2) is 9.96 Å². The number of carbonyl (C=O) groups excluding carboxylic acids is 2. The fourth-order valence-electron chi connectivity index (χ4n) is 5.11. The van der Waals surface area contributed by atoms with Gasteiger partial charge in [-0.1, -0.05) is 70.5 Å². The number of hydrogen-bond donors (Lipinski definition) is 0. The zero-order valence-electron chi connectivity index (χ0n) is 18.8. The highest BCUT2D eigenvalue weighted by atomic mass is 79.9. The van der Waals surface area contributed by atoms with Gasteiger partial charge in [-0.2, -0.15) is 0 Å². The fraction of sp³-hybridized carbons (Fsp3) is 0.143. The van der Waals surface area contributed by atoms with E-state index in [-0.39, 0.29) is 11.8 Å². The Hall–Kier alpha value is -3.68. The maximum atomic E-state index is 14.0. The number of carbonyl (C=O) groups is 2. The Bertz CT molecular complexity index is 1450. The van der Waals surface area contributed by atoms with Gasteiger partial charge in [0.25, 0.3) is 5.91 Å². The lowest BCUT2D eigenvalue weighted by Crippen LogP contribution is -2.37. The van der Waals surface area contributed by atoms with Crippen LogP contribution in [0.4, 0.5) is 11.4 Å². The lowest BCUT2D eigenvalue weighted by molar-refractivity contribution is -0.126. The van der Waals surface area contributed by atoms with Gasteiger partial charge < -0.3 is 4.74 Å². The van der Waals surface area contributed by atoms with E-state index in [0.29, 0.717) is 11.4 Å². The molecular formula is C28H21BrN2O4. The number of halogens is 1. The molecule has 0 bridgehead atoms. The third-order valence-corrected chi connectivity index (χ3v) is 7.14. The molecule has 6 rings (SSSR count). The van der Waals surface area contributed by atoms with Gasteiger partial charge in [0.2, 0.25) is 5.91 Å². The fourth-order valence-corrected chi connectivity index (χ4v) is 5.49. The van der Waals surface area contributed by atoms with E-state index < -0.39 is 18.1 Å². The van der Waals surface area contributed by atoms with Crippen molar-refractivity contribution in [3.63, 3.8) is 0 Å². The molecule has 0 aromatic heterocycles. The van der Waals surface area contributed by atoms with Crippen molar-refractivity contribution in [3.05, 3.63) is 101 Å². The predicted octanol–water partition coefficient (Wildman–Crippen LogP) is 5.66. The maximum Gasteiger partial charge on any atom is 0.266 e. The summed E-state index contributed by atoms with van der Waals surface area (Å²) in [6, 6.07) is 27.9. The Morgan fingerprint density at radius 2 is 1.60 bits per heavy atom. The third-order valence-electron chi connectivity index (χ3n) is 6.64. The van der Waals surface area contributed by atoms with Crippen LogP contribution >= 0.6 is 15.9 Å². The average molecular weight is 529 g/mol. The molecule has 2 amide bonds. The molecule has 0 spiro atoms. The van der Waals surface area contributed by atoms with Gasteiger partial charge in [-0.3, -0.25) is 14.4 Å². The maximum absolute atomic E-state index is 14.0. The van der Waals surface area contributed by atoms with Crippen LogP contribution in [0.1, 0.15) is 11.6 Å². The molecule has 2 aliphatic rings. The molecule has 6 nitrogen and oxygen atoms in total. The Kier molecular flexibility index (Phi) is 5.31. The second-order valence-electron chi connectivity index (χ2n) is 8.55. The van der Waals surface area contributed by atoms with E-state index in [1.165, 1.54) is 4.90 Å². The van der Waals surface area contributed by atoms with Gasteiger partial charge in [0, 0.05) is 15.4 Å². The van der Waals surface area contributed by atoms with E-state index >= 15 is 0 Å². The van der Waals surface area contributed by atoms with Crippen LogP contribution in [0.15, 0.2) is 95.5 Å². The van der Waals surface area contributed by atoms with E-state index in [1.54, 1.807) is 12.2 Å². The van der Waals surface area contributed by atoms with Gasteiger partial charge in [0.15, 0.2) is 6.10 Å². The highest BCUT2D eigenvalue weighted by Crippen LogP contribution is 2.50. The lowest BCUT2D eigenvalue weighted by atomic mass is 9.90. The molecule has 4 aromatic carbocycles. The van der Waals surface area contributed by atoms with Crippen LogP contribution in [-0.4, -0.2) is 25.0 Å². The van der Waals surface area contributed by atoms with Crippen LogP contribution in [-0.2, 0) is 14.4 Å². The molecule has 0 aliphatic carbocycles. The van der Waals surface area contributed by atoms with Crippen molar-refractivity contribution in [2.45, 2.75) is 12.1 Å². The quantitative estimate of drug-likeness (QED) is 0.320. The summed E-state index contributed by atoms with van der Waals surface area (Å²) in [4.78, 5) is 35.3. The summed E-state index contributed by atoms with van der Waals surface area (Å²) < 4.78 is 6.50. The van der Waals surface area contributed by atoms with E-state index in [1.807, 2.05) is 91.0 Å². The standard InChI is InChI=1S/C28H21BrN2O4/c1-34-23-15-14-18(29)16-21(23)25-24-26(35-31(25)19-10-3-2-4-11-19)28(33)30(27(24)32)22-13-7-9-17-8-5-6-12-20(17)22/h2-16,24-26H,1H3/t24-,25-,26-/m1/s1. The number of amides is 2. The van der Waals surface area contributed by atoms with Gasteiger partial charge in [-0.05, 0) is 41.8 Å². The Labute approximate surface area is 210 Å². The molecule has 0 unspecified atom stereocenters. The molecule has 35 heavy (non-hydrogen) atoms. The SMILES string of the molecule is COc1ccc(Br)cc1[C@@H]1[C@H]2C(=O)N(c3cccc4ccccc34)C(=O)[C@@H]2ON1c1ccccc1. The van der Waals surface area contributed by atoms with Crippen molar-refractivity contribution in [2.75, 3.05) is 17.1 Å². The molecule has 2 saturated heterocycles. The number of hydroxylamine groups is 1. The molecule has 2 aliphatic heterocycles. The Morgan fingerprint density at radius 1 is 0.857 bits per heavy atom. The smallest absolute Gasteiger partial charge is 0.266 e. The highest BCUT2D eigenvalue weighted by molar-refractivity contribution is 9.10. The number of benzene rings is 4. The first-order valence-corrected chi connectivity index (χ1v) is 12.1. The van der Waals surface area contributed by atoms with Gasteiger partial charge in [-0.15, -0.1) is 0 Å². The number of imide groups is 1. The van der Waals surface area contributed by atoms with E-state index in [9.17, 15) is 9.59 Å². The van der Waals surface area contributed by atoms with Gasteiger partial charge in [0.1, 0.15) is 11.7 Å². The number of ether oxygens (including phenoxy) is 1. The first-order chi connectivity index (χ1) is 17.1. The minimum absolute atomic E-state index is 0.290. The van der Waals surface area contributed by atoms with Crippen LogP contribution < -0.4 is 14.7 Å². The molecule has 0 N–H and O–H groups in total. The molecule has 4 aromatic rings. The summed E-state index contributed by atoms with van der Waals surface area (Å²) >= 11 is 3.55. The first kappa shape index (κ1) is 21.8. The monoisotopic (exact) mass is 528 g/mol. The largest absolute Gasteiger partial charge is 0.496 e. The summed E-state index contributed by atoms with van der Waals surface area (Å²) in [5.74, 6) is -0.785. The van der Waals surface area contributed by atoms with Gasteiger partial charge in [0.05, 0.1) is 24.5 Å². The minimum atomic E-state index is -0.949. The zero-order valence-corrected chi connectivity index (χ0v) is 20.4. The normalized spacial score (nSPS) is 21.6. The first-order valence-electron chi connectivity index (χ1n) is 11.3. The number of anilines is 2. The number of methoxy groups -OCH3 is 1. The Morgan fingerprint density at radius 3 is 2.40 bits per heavy atom. The summed E-state index contributed by atoms with van der Waals surface area (Å²) in [5, 5.41) is 3.48. The second-order valence-corrected chi connectivity index (χ2v) is 9.47. The summed E-state index contributed by atoms with van der Waals surface area (Å²) in [6.07, 6.45) is -0.949. The second kappa shape index (κ2) is 8.52. The van der Waals surface area contributed by atoms with Crippen LogP contribution in [0, 0.1) is 5.92 Å². The lowest BCUT2D eigenvalue weighted by Gasteiger charge is -2.30. The molecular weight excluding hydrogens is 508 g/mol. The van der Waals surface area contributed by atoms with Crippen molar-refractivity contribution >= 4 is 49.9 Å². The third kappa shape index (κ3) is 3.42. The van der Waals surface area contributed by atoms with Crippen molar-refractivity contribution in [2.24, 2.45) is 5.92 Å². The van der Waals surface area contributed by atoms with Crippen molar-refractivity contribution in [3.8, 4) is 5.75 Å². The molecule has 0 saturated carbocycles. The number of rotatable bonds is 4. The number of hydrogen-bond acceptors (Lipinski definition) is 5. The van der Waals surface area contributed by atoms with E-state index in [2.05, 4.69) is 15.9 Å². The Balaban J connectivity index is 1.50. The van der Waals surface area contributed by atoms with Gasteiger partial charge >= 0.3 is 0 Å². The topological polar surface area (TPSA) is 59.1 Å². The molecule has 0 radical (unpaired) electrons. The summed E-state index contributed by atoms with van der Waals surface area (Å²) in [5.41, 5.74) is 2.09. The van der Waals surface area contributed by atoms with Crippen LogP contribution in [0.3, 0.4) is 0 Å². The predicted molar refractivity (Wildman–Crippen MR) is 137 cm³/mol. The van der Waals surface area contributed by atoms with Crippen molar-refractivity contribution in [1.82, 2.24) is 0 Å². The summed E-state index contributed by atoms with van der Waals surface area (Å²) in [7, 11) is 1.59. The van der Waals surface area contributed by atoms with Crippen LogP contribution in [0.2, 0.25) is 0 Å². The van der Waals surface area contributed by atoms with Crippen molar-refractivity contribution < 1.29 is 19.2 Å². The molecule has 174 valence electrons. The summed E-state index contributed by atoms with van der Waals surface area (Å²) in [6.45, 7) is 0. The molecule has 2 heterocycles. The zero-order chi connectivity index (χ0) is 24.1. The van der Waals surface area contributed by atoms with E-state index in [4.69, 9.17) is 9.57 Å². The number of fused-ring (bicyclic) bond motifs is 2. The molecule has 3 atom stereocenters. The van der Waals surface area contributed by atoms with E-state index in [0.717, 1.165) is 26.5 Å². The van der Waals surface area contributed by atoms with Crippen LogP contribution in [0.5, 0.6) is 5.75 Å². The van der Waals surface area contributed by atoms with Crippen LogP contribution in [0.25, 0.3) is 10.8 Å².